The number of hydrogen-bond donors (Lipinski definition) is 1. The van der Waals surface area contributed by atoms with E-state index < -0.39 is 5.25 Å². The highest BCUT2D eigenvalue weighted by molar-refractivity contribution is 8.00. The molecular weight excluding hydrogens is 358 g/mol. The predicted molar refractivity (Wildman–Crippen MR) is 102 cm³/mol. The van der Waals surface area contributed by atoms with Crippen LogP contribution >= 0.6 is 23.4 Å². The van der Waals surface area contributed by atoms with Gasteiger partial charge in [-0.3, -0.25) is 4.79 Å². The molecule has 0 aliphatic carbocycles. The van der Waals surface area contributed by atoms with Crippen LogP contribution in [0.1, 0.15) is 24.2 Å². The van der Waals surface area contributed by atoms with Crippen molar-refractivity contribution in [2.75, 3.05) is 11.9 Å². The fourth-order valence-corrected chi connectivity index (χ4v) is 3.35. The number of carbonyl (C=O) groups is 2. The minimum atomic E-state index is -0.436. The van der Waals surface area contributed by atoms with Crippen LogP contribution in [0.3, 0.4) is 0 Å². The van der Waals surface area contributed by atoms with Crippen molar-refractivity contribution in [3.63, 3.8) is 0 Å². The average molecular weight is 378 g/mol. The van der Waals surface area contributed by atoms with Crippen LogP contribution in [0.4, 0.5) is 5.69 Å². The molecular formula is C19H20ClNO3S. The van der Waals surface area contributed by atoms with Gasteiger partial charge < -0.3 is 10.1 Å². The zero-order valence-corrected chi connectivity index (χ0v) is 15.6. The topological polar surface area (TPSA) is 55.4 Å². The van der Waals surface area contributed by atoms with Gasteiger partial charge in [0.1, 0.15) is 5.25 Å². The lowest BCUT2D eigenvalue weighted by Gasteiger charge is -2.18. The molecule has 0 aliphatic heterocycles. The van der Waals surface area contributed by atoms with Gasteiger partial charge in [-0.15, -0.1) is 23.4 Å². The summed E-state index contributed by atoms with van der Waals surface area (Å²) in [5.41, 5.74) is 1.05. The molecule has 0 aromatic heterocycles. The first-order valence-corrected chi connectivity index (χ1v) is 9.26. The minimum Gasteiger partial charge on any atom is -0.462 e. The molecule has 0 aliphatic rings. The summed E-state index contributed by atoms with van der Waals surface area (Å²) in [4.78, 5) is 25.2. The molecule has 2 atom stereocenters. The van der Waals surface area contributed by atoms with Gasteiger partial charge in [-0.25, -0.2) is 4.79 Å². The lowest BCUT2D eigenvalue weighted by molar-refractivity contribution is -0.115. The Kier molecular flexibility index (Phi) is 7.34. The SMILES string of the molecule is CCOC(=O)c1ccc(NC(=O)C(Sc2ccccc2)C(C)Cl)cc1. The van der Waals surface area contributed by atoms with Crippen molar-refractivity contribution in [3.05, 3.63) is 60.2 Å². The van der Waals surface area contributed by atoms with Crippen LogP contribution in [0.2, 0.25) is 0 Å². The third kappa shape index (κ3) is 5.80. The van der Waals surface area contributed by atoms with Gasteiger partial charge in [0.15, 0.2) is 0 Å². The van der Waals surface area contributed by atoms with Gasteiger partial charge >= 0.3 is 5.97 Å². The van der Waals surface area contributed by atoms with Crippen LogP contribution in [0.5, 0.6) is 0 Å². The molecule has 132 valence electrons. The van der Waals surface area contributed by atoms with Crippen molar-refractivity contribution in [1.82, 2.24) is 0 Å². The second-order valence-corrected chi connectivity index (χ2v) is 7.22. The molecule has 6 heteroatoms. The number of esters is 1. The number of rotatable bonds is 7. The van der Waals surface area contributed by atoms with Gasteiger partial charge in [0, 0.05) is 10.6 Å². The zero-order valence-electron chi connectivity index (χ0n) is 14.1. The molecule has 2 aromatic carbocycles. The second kappa shape index (κ2) is 9.49. The van der Waals surface area contributed by atoms with E-state index in [0.29, 0.717) is 17.9 Å². The molecule has 4 nitrogen and oxygen atoms in total. The number of thioether (sulfide) groups is 1. The van der Waals surface area contributed by atoms with E-state index in [-0.39, 0.29) is 17.3 Å². The first-order valence-electron chi connectivity index (χ1n) is 7.95. The van der Waals surface area contributed by atoms with Crippen LogP contribution in [-0.4, -0.2) is 29.1 Å². The molecule has 1 amide bonds. The van der Waals surface area contributed by atoms with E-state index >= 15 is 0 Å². The maximum absolute atomic E-state index is 12.6. The number of ether oxygens (including phenoxy) is 1. The molecule has 0 heterocycles. The summed E-state index contributed by atoms with van der Waals surface area (Å²) in [5.74, 6) is -0.562. The van der Waals surface area contributed by atoms with E-state index in [0.717, 1.165) is 4.90 Å². The van der Waals surface area contributed by atoms with Crippen molar-refractivity contribution in [2.24, 2.45) is 0 Å². The zero-order chi connectivity index (χ0) is 18.2. The molecule has 0 bridgehead atoms. The van der Waals surface area contributed by atoms with Crippen LogP contribution in [-0.2, 0) is 9.53 Å². The van der Waals surface area contributed by atoms with E-state index in [1.165, 1.54) is 11.8 Å². The van der Waals surface area contributed by atoms with E-state index in [9.17, 15) is 9.59 Å². The van der Waals surface area contributed by atoms with Gasteiger partial charge in [-0.2, -0.15) is 0 Å². The number of alkyl halides is 1. The Hall–Kier alpha value is -1.98. The predicted octanol–water partition coefficient (Wildman–Crippen LogP) is 4.59. The Balaban J connectivity index is 2.04. The number of halogens is 1. The normalized spacial score (nSPS) is 12.9. The number of carbonyl (C=O) groups excluding carboxylic acids is 2. The van der Waals surface area contributed by atoms with Crippen molar-refractivity contribution in [2.45, 2.75) is 29.4 Å². The van der Waals surface area contributed by atoms with Gasteiger partial charge in [0.25, 0.3) is 0 Å². The average Bonchev–Trinajstić information content (AvgIpc) is 2.61. The molecule has 1 N–H and O–H groups in total. The molecule has 0 spiro atoms. The molecule has 2 aromatic rings. The number of anilines is 1. The summed E-state index contributed by atoms with van der Waals surface area (Å²) in [6, 6.07) is 16.2. The summed E-state index contributed by atoms with van der Waals surface area (Å²) in [7, 11) is 0. The lowest BCUT2D eigenvalue weighted by Crippen LogP contribution is -2.31. The van der Waals surface area contributed by atoms with E-state index in [2.05, 4.69) is 5.32 Å². The number of benzene rings is 2. The summed E-state index contributed by atoms with van der Waals surface area (Å²) in [5, 5.41) is 2.07. The van der Waals surface area contributed by atoms with E-state index in [4.69, 9.17) is 16.3 Å². The molecule has 25 heavy (non-hydrogen) atoms. The second-order valence-electron chi connectivity index (χ2n) is 5.32. The van der Waals surface area contributed by atoms with Crippen molar-refractivity contribution < 1.29 is 14.3 Å². The lowest BCUT2D eigenvalue weighted by atomic mass is 10.2. The van der Waals surface area contributed by atoms with Crippen molar-refractivity contribution in [1.29, 1.82) is 0 Å². The van der Waals surface area contributed by atoms with E-state index in [1.807, 2.05) is 30.3 Å². The highest BCUT2D eigenvalue weighted by Gasteiger charge is 2.25. The number of nitrogens with one attached hydrogen (secondary N) is 1. The first kappa shape index (κ1) is 19.3. The smallest absolute Gasteiger partial charge is 0.338 e. The Morgan fingerprint density at radius 2 is 1.76 bits per heavy atom. The Morgan fingerprint density at radius 3 is 2.32 bits per heavy atom. The third-order valence-corrected chi connectivity index (χ3v) is 5.17. The van der Waals surface area contributed by atoms with Gasteiger partial charge in [0.05, 0.1) is 17.5 Å². The first-order chi connectivity index (χ1) is 12.0. The molecule has 2 unspecified atom stereocenters. The standard InChI is InChI=1S/C19H20ClNO3S/c1-3-24-19(23)14-9-11-15(12-10-14)21-18(22)17(13(2)20)25-16-7-5-4-6-8-16/h4-13,17H,3H2,1-2H3,(H,21,22). The summed E-state index contributed by atoms with van der Waals surface area (Å²) < 4.78 is 4.94. The number of hydrogen-bond acceptors (Lipinski definition) is 4. The quantitative estimate of drug-likeness (QED) is 0.435. The monoisotopic (exact) mass is 377 g/mol. The maximum atomic E-state index is 12.6. The van der Waals surface area contributed by atoms with Crippen LogP contribution in [0.25, 0.3) is 0 Å². The van der Waals surface area contributed by atoms with Crippen LogP contribution in [0.15, 0.2) is 59.5 Å². The largest absolute Gasteiger partial charge is 0.462 e. The fourth-order valence-electron chi connectivity index (χ4n) is 2.12. The molecule has 0 saturated heterocycles. The Bertz CT molecular complexity index is 704. The highest BCUT2D eigenvalue weighted by atomic mass is 35.5. The summed E-state index contributed by atoms with van der Waals surface area (Å²) in [6.07, 6.45) is 0. The minimum absolute atomic E-state index is 0.180. The molecule has 0 fully saturated rings. The highest BCUT2D eigenvalue weighted by Crippen LogP contribution is 2.28. The fraction of sp³-hybridized carbons (Fsp3) is 0.263. The molecule has 0 saturated carbocycles. The van der Waals surface area contributed by atoms with Gasteiger partial charge in [-0.05, 0) is 50.2 Å². The van der Waals surface area contributed by atoms with Crippen LogP contribution in [0, 0.1) is 0 Å². The Morgan fingerprint density at radius 1 is 1.12 bits per heavy atom. The van der Waals surface area contributed by atoms with Crippen molar-refractivity contribution >= 4 is 40.9 Å². The molecule has 2 rings (SSSR count). The van der Waals surface area contributed by atoms with Gasteiger partial charge in [0.2, 0.25) is 5.91 Å². The summed E-state index contributed by atoms with van der Waals surface area (Å²) >= 11 is 7.63. The molecule has 0 radical (unpaired) electrons. The van der Waals surface area contributed by atoms with Gasteiger partial charge in [-0.1, -0.05) is 18.2 Å². The maximum Gasteiger partial charge on any atom is 0.338 e. The third-order valence-electron chi connectivity index (χ3n) is 3.35. The van der Waals surface area contributed by atoms with E-state index in [1.54, 1.807) is 38.1 Å². The van der Waals surface area contributed by atoms with Crippen LogP contribution < -0.4 is 5.32 Å². The summed E-state index contributed by atoms with van der Waals surface area (Å²) in [6.45, 7) is 3.87. The van der Waals surface area contributed by atoms with Crippen molar-refractivity contribution in [3.8, 4) is 0 Å². The Labute approximate surface area is 156 Å². The number of amides is 1.